The molecule has 0 aliphatic rings. The molecule has 1 aromatic carbocycles. The predicted molar refractivity (Wildman–Crippen MR) is 78.5 cm³/mol. The fraction of sp³-hybridized carbons (Fsp3) is 0.467. The smallest absolute Gasteiger partial charge is 0.338 e. The Kier molecular flexibility index (Phi) is 5.27. The molecule has 0 fully saturated rings. The molecule has 1 aromatic rings. The molecule has 3 N–H and O–H groups in total. The SMILES string of the molecule is CCOC(=O)c1ccc(NC(=O)C(N)C(C)(C)C)cc1. The summed E-state index contributed by atoms with van der Waals surface area (Å²) in [4.78, 5) is 23.4. The van der Waals surface area contributed by atoms with Gasteiger partial charge in [-0.1, -0.05) is 20.8 Å². The molecular formula is C15H22N2O3. The van der Waals surface area contributed by atoms with E-state index < -0.39 is 6.04 Å². The van der Waals surface area contributed by atoms with Crippen molar-refractivity contribution in [1.82, 2.24) is 0 Å². The average Bonchev–Trinajstić information content (AvgIpc) is 2.37. The summed E-state index contributed by atoms with van der Waals surface area (Å²) < 4.78 is 4.89. The normalized spacial score (nSPS) is 12.7. The first-order valence-corrected chi connectivity index (χ1v) is 6.59. The molecule has 0 aromatic heterocycles. The van der Waals surface area contributed by atoms with E-state index >= 15 is 0 Å². The summed E-state index contributed by atoms with van der Waals surface area (Å²) in [6.07, 6.45) is 0. The number of nitrogens with one attached hydrogen (secondary N) is 1. The summed E-state index contributed by atoms with van der Waals surface area (Å²) in [6, 6.07) is 5.91. The van der Waals surface area contributed by atoms with Gasteiger partial charge < -0.3 is 15.8 Å². The van der Waals surface area contributed by atoms with Gasteiger partial charge in [0.2, 0.25) is 5.91 Å². The first kappa shape index (κ1) is 16.2. The maximum Gasteiger partial charge on any atom is 0.338 e. The van der Waals surface area contributed by atoms with E-state index in [-0.39, 0.29) is 17.3 Å². The molecule has 5 nitrogen and oxygen atoms in total. The van der Waals surface area contributed by atoms with Crippen LogP contribution in [0.25, 0.3) is 0 Å². The molecule has 0 saturated heterocycles. The van der Waals surface area contributed by atoms with Gasteiger partial charge in [-0.05, 0) is 36.6 Å². The second-order valence-corrected chi connectivity index (χ2v) is 5.63. The monoisotopic (exact) mass is 278 g/mol. The topological polar surface area (TPSA) is 81.4 Å². The number of amides is 1. The number of hydrogen-bond acceptors (Lipinski definition) is 4. The molecule has 0 radical (unpaired) electrons. The number of rotatable bonds is 4. The van der Waals surface area contributed by atoms with Gasteiger partial charge in [-0.15, -0.1) is 0 Å². The Morgan fingerprint density at radius 2 is 1.80 bits per heavy atom. The fourth-order valence-electron chi connectivity index (χ4n) is 1.52. The number of carbonyl (C=O) groups is 2. The minimum absolute atomic E-state index is 0.249. The van der Waals surface area contributed by atoms with Crippen LogP contribution in [0.2, 0.25) is 0 Å². The number of ether oxygens (including phenoxy) is 1. The Morgan fingerprint density at radius 1 is 1.25 bits per heavy atom. The quantitative estimate of drug-likeness (QED) is 0.827. The van der Waals surface area contributed by atoms with Gasteiger partial charge in [0.05, 0.1) is 18.2 Å². The third-order valence-electron chi connectivity index (χ3n) is 2.88. The lowest BCUT2D eigenvalue weighted by Crippen LogP contribution is -2.45. The first-order chi connectivity index (χ1) is 9.25. The molecule has 0 saturated carbocycles. The lowest BCUT2D eigenvalue weighted by molar-refractivity contribution is -0.119. The zero-order valence-electron chi connectivity index (χ0n) is 12.4. The van der Waals surface area contributed by atoms with Crippen LogP contribution in [0.5, 0.6) is 0 Å². The van der Waals surface area contributed by atoms with Crippen molar-refractivity contribution in [1.29, 1.82) is 0 Å². The Morgan fingerprint density at radius 3 is 2.25 bits per heavy atom. The predicted octanol–water partition coefficient (Wildman–Crippen LogP) is 2.18. The van der Waals surface area contributed by atoms with Crippen molar-refractivity contribution >= 4 is 17.6 Å². The summed E-state index contributed by atoms with van der Waals surface area (Å²) in [7, 11) is 0. The molecule has 1 atom stereocenters. The van der Waals surface area contributed by atoms with Gasteiger partial charge in [0.1, 0.15) is 0 Å². The van der Waals surface area contributed by atoms with E-state index in [2.05, 4.69) is 5.32 Å². The molecule has 0 aliphatic carbocycles. The van der Waals surface area contributed by atoms with E-state index in [1.165, 1.54) is 0 Å². The van der Waals surface area contributed by atoms with Crippen molar-refractivity contribution in [2.45, 2.75) is 33.7 Å². The highest BCUT2D eigenvalue weighted by molar-refractivity contribution is 5.96. The Bertz CT molecular complexity index is 475. The van der Waals surface area contributed by atoms with Crippen molar-refractivity contribution in [3.05, 3.63) is 29.8 Å². The van der Waals surface area contributed by atoms with Gasteiger partial charge in [-0.25, -0.2) is 4.79 Å². The first-order valence-electron chi connectivity index (χ1n) is 6.59. The fourth-order valence-corrected chi connectivity index (χ4v) is 1.52. The largest absolute Gasteiger partial charge is 0.462 e. The molecule has 0 bridgehead atoms. The van der Waals surface area contributed by atoms with Crippen LogP contribution in [0.3, 0.4) is 0 Å². The minimum atomic E-state index is -0.604. The van der Waals surface area contributed by atoms with E-state index in [4.69, 9.17) is 10.5 Å². The molecule has 0 heterocycles. The number of carbonyl (C=O) groups excluding carboxylic acids is 2. The third kappa shape index (κ3) is 4.35. The van der Waals surface area contributed by atoms with Crippen LogP contribution in [-0.4, -0.2) is 24.5 Å². The summed E-state index contributed by atoms with van der Waals surface area (Å²) in [5.41, 5.74) is 6.61. The van der Waals surface area contributed by atoms with E-state index in [1.54, 1.807) is 31.2 Å². The number of hydrogen-bond donors (Lipinski definition) is 2. The average molecular weight is 278 g/mol. The summed E-state index contributed by atoms with van der Waals surface area (Å²) in [6.45, 7) is 7.79. The van der Waals surface area contributed by atoms with Crippen LogP contribution in [0.15, 0.2) is 24.3 Å². The zero-order valence-corrected chi connectivity index (χ0v) is 12.4. The summed E-state index contributed by atoms with van der Waals surface area (Å²) in [5.74, 6) is -0.627. The van der Waals surface area contributed by atoms with Crippen LogP contribution in [0.4, 0.5) is 5.69 Å². The van der Waals surface area contributed by atoms with Gasteiger partial charge >= 0.3 is 5.97 Å². The maximum atomic E-state index is 12.0. The molecule has 1 unspecified atom stereocenters. The van der Waals surface area contributed by atoms with Crippen LogP contribution < -0.4 is 11.1 Å². The van der Waals surface area contributed by atoms with Gasteiger partial charge in [0, 0.05) is 5.69 Å². The lowest BCUT2D eigenvalue weighted by atomic mass is 9.87. The van der Waals surface area contributed by atoms with Crippen molar-refractivity contribution < 1.29 is 14.3 Å². The van der Waals surface area contributed by atoms with Crippen molar-refractivity contribution in [3.63, 3.8) is 0 Å². The van der Waals surface area contributed by atoms with Crippen LogP contribution in [-0.2, 0) is 9.53 Å². The maximum absolute atomic E-state index is 12.0. The summed E-state index contributed by atoms with van der Waals surface area (Å²) >= 11 is 0. The lowest BCUT2D eigenvalue weighted by Gasteiger charge is -2.25. The van der Waals surface area contributed by atoms with Crippen molar-refractivity contribution in [3.8, 4) is 0 Å². The van der Waals surface area contributed by atoms with Crippen molar-refractivity contribution in [2.75, 3.05) is 11.9 Å². The minimum Gasteiger partial charge on any atom is -0.462 e. The molecular weight excluding hydrogens is 256 g/mol. The second kappa shape index (κ2) is 6.52. The number of anilines is 1. The van der Waals surface area contributed by atoms with Crippen LogP contribution >= 0.6 is 0 Å². The van der Waals surface area contributed by atoms with Gasteiger partial charge in [-0.3, -0.25) is 4.79 Å². The number of benzene rings is 1. The second-order valence-electron chi connectivity index (χ2n) is 5.63. The van der Waals surface area contributed by atoms with Gasteiger partial charge in [0.25, 0.3) is 0 Å². The standard InChI is InChI=1S/C15H22N2O3/c1-5-20-14(19)10-6-8-11(9-7-10)17-13(18)12(16)15(2,3)4/h6-9,12H,5,16H2,1-4H3,(H,17,18). The molecule has 0 spiro atoms. The van der Waals surface area contributed by atoms with Crippen molar-refractivity contribution in [2.24, 2.45) is 11.1 Å². The third-order valence-corrected chi connectivity index (χ3v) is 2.88. The van der Waals surface area contributed by atoms with E-state index in [0.29, 0.717) is 17.9 Å². The summed E-state index contributed by atoms with van der Waals surface area (Å²) in [5, 5.41) is 2.73. The van der Waals surface area contributed by atoms with E-state index in [1.807, 2.05) is 20.8 Å². The van der Waals surface area contributed by atoms with E-state index in [9.17, 15) is 9.59 Å². The number of nitrogens with two attached hydrogens (primary N) is 1. The highest BCUT2D eigenvalue weighted by Crippen LogP contribution is 2.19. The molecule has 20 heavy (non-hydrogen) atoms. The molecule has 1 amide bonds. The molecule has 0 aliphatic heterocycles. The van der Waals surface area contributed by atoms with Crippen LogP contribution in [0, 0.1) is 5.41 Å². The Balaban J connectivity index is 2.71. The number of esters is 1. The van der Waals surface area contributed by atoms with Gasteiger partial charge in [0.15, 0.2) is 0 Å². The molecule has 5 heteroatoms. The van der Waals surface area contributed by atoms with E-state index in [0.717, 1.165) is 0 Å². The Labute approximate surface area is 119 Å². The molecule has 110 valence electrons. The highest BCUT2D eigenvalue weighted by atomic mass is 16.5. The molecule has 1 rings (SSSR count). The van der Waals surface area contributed by atoms with Gasteiger partial charge in [-0.2, -0.15) is 0 Å². The van der Waals surface area contributed by atoms with Crippen LogP contribution in [0.1, 0.15) is 38.1 Å². The zero-order chi connectivity index (χ0) is 15.3. The highest BCUT2D eigenvalue weighted by Gasteiger charge is 2.27. The Hall–Kier alpha value is -1.88.